The van der Waals surface area contributed by atoms with E-state index in [-0.39, 0.29) is 6.04 Å². The van der Waals surface area contributed by atoms with Crippen molar-refractivity contribution in [1.29, 1.82) is 0 Å². The molecule has 0 aliphatic heterocycles. The molecule has 0 amide bonds. The Morgan fingerprint density at radius 2 is 1.38 bits per heavy atom. The highest BCUT2D eigenvalue weighted by atomic mass is 16.5. The number of benzene rings is 2. The minimum atomic E-state index is 0.0917. The first-order valence-corrected chi connectivity index (χ1v) is 7.49. The fourth-order valence-corrected chi connectivity index (χ4v) is 1.98. The van der Waals surface area contributed by atoms with E-state index in [9.17, 15) is 0 Å². The smallest absolute Gasteiger partial charge is 0.127 e. The van der Waals surface area contributed by atoms with Crippen LogP contribution in [0.15, 0.2) is 48.5 Å². The van der Waals surface area contributed by atoms with Gasteiger partial charge in [0.2, 0.25) is 0 Å². The summed E-state index contributed by atoms with van der Waals surface area (Å²) in [5.74, 6) is 2.48. The summed E-state index contributed by atoms with van der Waals surface area (Å²) in [4.78, 5) is 0. The summed E-state index contributed by atoms with van der Waals surface area (Å²) in [6.45, 7) is 4.90. The maximum atomic E-state index is 6.00. The summed E-state index contributed by atoms with van der Waals surface area (Å²) in [5, 5.41) is 0. The van der Waals surface area contributed by atoms with Crippen LogP contribution >= 0.6 is 0 Å². The monoisotopic (exact) mass is 285 g/mol. The van der Waals surface area contributed by atoms with Crippen LogP contribution in [-0.2, 0) is 0 Å². The molecule has 3 heteroatoms. The predicted octanol–water partition coefficient (Wildman–Crippen LogP) is 4.68. The van der Waals surface area contributed by atoms with Gasteiger partial charge in [-0.15, -0.1) is 0 Å². The molecule has 0 spiro atoms. The van der Waals surface area contributed by atoms with Gasteiger partial charge in [0.1, 0.15) is 17.2 Å². The Morgan fingerprint density at radius 1 is 0.857 bits per heavy atom. The second-order valence-electron chi connectivity index (χ2n) is 5.01. The molecule has 0 radical (unpaired) electrons. The molecule has 0 saturated heterocycles. The van der Waals surface area contributed by atoms with Gasteiger partial charge in [0, 0.05) is 6.04 Å². The molecule has 2 aromatic rings. The van der Waals surface area contributed by atoms with Gasteiger partial charge < -0.3 is 15.2 Å². The molecule has 0 aliphatic carbocycles. The second kappa shape index (κ2) is 7.70. The van der Waals surface area contributed by atoms with E-state index < -0.39 is 0 Å². The highest BCUT2D eigenvalue weighted by Gasteiger charge is 2.04. The second-order valence-corrected chi connectivity index (χ2v) is 5.01. The minimum absolute atomic E-state index is 0.0917. The van der Waals surface area contributed by atoms with Crippen LogP contribution in [0, 0.1) is 0 Å². The van der Waals surface area contributed by atoms with Crippen molar-refractivity contribution in [2.45, 2.75) is 32.7 Å². The van der Waals surface area contributed by atoms with Crippen molar-refractivity contribution in [1.82, 2.24) is 0 Å². The Labute approximate surface area is 126 Å². The molecule has 0 aromatic heterocycles. The van der Waals surface area contributed by atoms with Crippen LogP contribution in [0.2, 0.25) is 0 Å². The van der Waals surface area contributed by atoms with Crippen LogP contribution in [0.3, 0.4) is 0 Å². The lowest BCUT2D eigenvalue weighted by Gasteiger charge is -2.11. The molecule has 0 saturated carbocycles. The predicted molar refractivity (Wildman–Crippen MR) is 86.0 cm³/mol. The number of hydrogen-bond acceptors (Lipinski definition) is 3. The number of rotatable bonds is 7. The standard InChI is InChI=1S/C18H23NO2/c1-3-13-20-15-9-11-17(12-10-15)21-16-7-5-14(6-8-16)18(19)4-2/h5-12,18H,3-4,13,19H2,1-2H3. The third-order valence-corrected chi connectivity index (χ3v) is 3.28. The largest absolute Gasteiger partial charge is 0.494 e. The number of nitrogens with two attached hydrogens (primary N) is 1. The lowest BCUT2D eigenvalue weighted by Crippen LogP contribution is -2.07. The average Bonchev–Trinajstić information content (AvgIpc) is 2.54. The fourth-order valence-electron chi connectivity index (χ4n) is 1.98. The lowest BCUT2D eigenvalue weighted by molar-refractivity contribution is 0.317. The zero-order chi connectivity index (χ0) is 15.1. The van der Waals surface area contributed by atoms with Gasteiger partial charge in [0.05, 0.1) is 6.61 Å². The van der Waals surface area contributed by atoms with E-state index in [0.29, 0.717) is 0 Å². The van der Waals surface area contributed by atoms with E-state index >= 15 is 0 Å². The summed E-state index contributed by atoms with van der Waals surface area (Å²) in [7, 11) is 0. The normalized spacial score (nSPS) is 12.0. The van der Waals surface area contributed by atoms with Crippen LogP contribution in [0.4, 0.5) is 0 Å². The molecule has 1 atom stereocenters. The van der Waals surface area contributed by atoms with Crippen molar-refractivity contribution in [3.8, 4) is 17.2 Å². The first kappa shape index (κ1) is 15.4. The quantitative estimate of drug-likeness (QED) is 0.803. The number of hydrogen-bond donors (Lipinski definition) is 1. The Kier molecular flexibility index (Phi) is 5.64. The van der Waals surface area contributed by atoms with Gasteiger partial charge in [-0.25, -0.2) is 0 Å². The fraction of sp³-hybridized carbons (Fsp3) is 0.333. The van der Waals surface area contributed by atoms with Crippen LogP contribution in [0.1, 0.15) is 38.3 Å². The van der Waals surface area contributed by atoms with Gasteiger partial charge in [-0.3, -0.25) is 0 Å². The van der Waals surface area contributed by atoms with Gasteiger partial charge >= 0.3 is 0 Å². The topological polar surface area (TPSA) is 44.5 Å². The van der Waals surface area contributed by atoms with Crippen LogP contribution in [-0.4, -0.2) is 6.61 Å². The zero-order valence-electron chi connectivity index (χ0n) is 12.7. The van der Waals surface area contributed by atoms with E-state index in [1.54, 1.807) is 0 Å². The zero-order valence-corrected chi connectivity index (χ0v) is 12.7. The summed E-state index contributed by atoms with van der Waals surface area (Å²) < 4.78 is 11.4. The van der Waals surface area contributed by atoms with Crippen LogP contribution < -0.4 is 15.2 Å². The maximum Gasteiger partial charge on any atom is 0.127 e. The van der Waals surface area contributed by atoms with E-state index in [1.807, 2.05) is 48.5 Å². The summed E-state index contributed by atoms with van der Waals surface area (Å²) >= 11 is 0. The van der Waals surface area contributed by atoms with E-state index in [2.05, 4.69) is 13.8 Å². The number of ether oxygens (including phenoxy) is 2. The Morgan fingerprint density at radius 3 is 1.90 bits per heavy atom. The van der Waals surface area contributed by atoms with Crippen molar-refractivity contribution in [2.75, 3.05) is 6.61 Å². The van der Waals surface area contributed by atoms with Crippen LogP contribution in [0.25, 0.3) is 0 Å². The maximum absolute atomic E-state index is 6.00. The van der Waals surface area contributed by atoms with Crippen molar-refractivity contribution in [3.63, 3.8) is 0 Å². The third kappa shape index (κ3) is 4.50. The molecule has 21 heavy (non-hydrogen) atoms. The molecule has 0 aliphatic rings. The van der Waals surface area contributed by atoms with E-state index in [1.165, 1.54) is 0 Å². The average molecular weight is 285 g/mol. The highest BCUT2D eigenvalue weighted by Crippen LogP contribution is 2.25. The van der Waals surface area contributed by atoms with Gasteiger partial charge in [-0.1, -0.05) is 26.0 Å². The molecular formula is C18H23NO2. The summed E-state index contributed by atoms with van der Waals surface area (Å²) in [5.41, 5.74) is 7.13. The molecule has 2 aromatic carbocycles. The SMILES string of the molecule is CCCOc1ccc(Oc2ccc(C(N)CC)cc2)cc1. The van der Waals surface area contributed by atoms with Gasteiger partial charge in [-0.05, 0) is 54.8 Å². The van der Waals surface area contributed by atoms with Crippen molar-refractivity contribution >= 4 is 0 Å². The van der Waals surface area contributed by atoms with Gasteiger partial charge in [0.15, 0.2) is 0 Å². The summed E-state index contributed by atoms with van der Waals surface area (Å²) in [6.07, 6.45) is 1.93. The Hall–Kier alpha value is -2.00. The molecule has 2 rings (SSSR count). The van der Waals surface area contributed by atoms with Crippen LogP contribution in [0.5, 0.6) is 17.2 Å². The van der Waals surface area contributed by atoms with Crippen molar-refractivity contribution in [2.24, 2.45) is 5.73 Å². The first-order valence-electron chi connectivity index (χ1n) is 7.49. The lowest BCUT2D eigenvalue weighted by atomic mass is 10.1. The Bertz CT molecular complexity index is 534. The molecular weight excluding hydrogens is 262 g/mol. The molecule has 0 heterocycles. The van der Waals surface area contributed by atoms with Gasteiger partial charge in [-0.2, -0.15) is 0 Å². The molecule has 112 valence electrons. The van der Waals surface area contributed by atoms with Gasteiger partial charge in [0.25, 0.3) is 0 Å². The van der Waals surface area contributed by atoms with E-state index in [4.69, 9.17) is 15.2 Å². The molecule has 3 nitrogen and oxygen atoms in total. The van der Waals surface area contributed by atoms with E-state index in [0.717, 1.165) is 42.3 Å². The molecule has 0 fully saturated rings. The Balaban J connectivity index is 1.97. The van der Waals surface area contributed by atoms with Crippen molar-refractivity contribution < 1.29 is 9.47 Å². The molecule has 0 bridgehead atoms. The summed E-state index contributed by atoms with van der Waals surface area (Å²) in [6, 6.07) is 15.7. The third-order valence-electron chi connectivity index (χ3n) is 3.28. The van der Waals surface area contributed by atoms with Crippen molar-refractivity contribution in [3.05, 3.63) is 54.1 Å². The molecule has 2 N–H and O–H groups in total. The molecule has 1 unspecified atom stereocenters. The minimum Gasteiger partial charge on any atom is -0.494 e. The first-order chi connectivity index (χ1) is 10.2. The highest BCUT2D eigenvalue weighted by molar-refractivity contribution is 5.36.